The molecule has 31 heavy (non-hydrogen) atoms. The van der Waals surface area contributed by atoms with Crippen molar-refractivity contribution in [1.82, 2.24) is 4.90 Å². The van der Waals surface area contributed by atoms with E-state index in [0.29, 0.717) is 0 Å². The number of methoxy groups -OCH3 is 1. The number of rotatable bonds is 4. The van der Waals surface area contributed by atoms with Gasteiger partial charge in [0.15, 0.2) is 5.78 Å². The first-order valence-corrected chi connectivity index (χ1v) is 11.5. The molecule has 3 nitrogen and oxygen atoms in total. The van der Waals surface area contributed by atoms with Crippen molar-refractivity contribution in [2.75, 3.05) is 33.4 Å². The number of carbonyl (C=O) groups is 1. The highest BCUT2D eigenvalue weighted by molar-refractivity contribution is 5.76. The van der Waals surface area contributed by atoms with Crippen molar-refractivity contribution in [2.45, 2.75) is 77.8 Å². The second kappa shape index (κ2) is 14.6. The minimum Gasteiger partial charge on any atom is -0.377 e. The van der Waals surface area contributed by atoms with Gasteiger partial charge in [0.25, 0.3) is 0 Å². The first-order valence-electron chi connectivity index (χ1n) is 11.5. The number of hydrogen-bond acceptors (Lipinski definition) is 3. The van der Waals surface area contributed by atoms with Crippen molar-refractivity contribution in [3.63, 3.8) is 0 Å². The number of alkyl halides is 3. The van der Waals surface area contributed by atoms with Crippen molar-refractivity contribution in [3.8, 4) is 0 Å². The molecule has 1 heterocycles. The quantitative estimate of drug-likeness (QED) is 0.518. The smallest absolute Gasteiger partial charge is 0.377 e. The molecule has 1 saturated carbocycles. The molecule has 6 heteroatoms. The summed E-state index contributed by atoms with van der Waals surface area (Å²) in [6.45, 7) is 9.19. The fourth-order valence-electron chi connectivity index (χ4n) is 4.06. The van der Waals surface area contributed by atoms with Crippen LogP contribution >= 0.6 is 0 Å². The van der Waals surface area contributed by atoms with Gasteiger partial charge in [0.1, 0.15) is 6.61 Å². The van der Waals surface area contributed by atoms with Crippen LogP contribution in [0.15, 0.2) is 24.3 Å². The van der Waals surface area contributed by atoms with Crippen molar-refractivity contribution in [1.29, 1.82) is 0 Å². The Kier molecular flexibility index (Phi) is 13.0. The molecule has 0 bridgehead atoms. The zero-order valence-electron chi connectivity index (χ0n) is 19.6. The van der Waals surface area contributed by atoms with Gasteiger partial charge in [0.2, 0.25) is 0 Å². The van der Waals surface area contributed by atoms with Crippen LogP contribution in [-0.4, -0.2) is 44.0 Å². The van der Waals surface area contributed by atoms with Crippen LogP contribution in [0.2, 0.25) is 0 Å². The Morgan fingerprint density at radius 1 is 1.10 bits per heavy atom. The number of ketones is 1. The average Bonchev–Trinajstić information content (AvgIpc) is 2.75. The number of nitrogens with zero attached hydrogens (tertiary/aromatic N) is 1. The van der Waals surface area contributed by atoms with Crippen LogP contribution in [-0.2, 0) is 15.7 Å². The number of carbonyl (C=O) groups excluding carboxylic acids is 1. The summed E-state index contributed by atoms with van der Waals surface area (Å²) in [7, 11) is 1.50. The van der Waals surface area contributed by atoms with Gasteiger partial charge in [-0.15, -0.1) is 0 Å². The molecular weight excluding hydrogens is 403 g/mol. The third-order valence-corrected chi connectivity index (χ3v) is 5.96. The lowest BCUT2D eigenvalue weighted by Crippen LogP contribution is -2.32. The highest BCUT2D eigenvalue weighted by atomic mass is 19.4. The highest BCUT2D eigenvalue weighted by Gasteiger charge is 2.31. The second-order valence-electron chi connectivity index (χ2n) is 8.71. The van der Waals surface area contributed by atoms with Gasteiger partial charge in [0, 0.05) is 7.11 Å². The molecule has 0 aromatic heterocycles. The second-order valence-corrected chi connectivity index (χ2v) is 8.71. The zero-order valence-corrected chi connectivity index (χ0v) is 19.6. The predicted octanol–water partition coefficient (Wildman–Crippen LogP) is 6.71. The SMILES string of the molecule is CC1CCCCC1.CCN1CCC(c2cccc(C(F)(F)F)c2)CC1.COCC(C)=O. The molecule has 3 rings (SSSR count). The van der Waals surface area contributed by atoms with Gasteiger partial charge < -0.3 is 9.64 Å². The van der Waals surface area contributed by atoms with Crippen LogP contribution in [0.3, 0.4) is 0 Å². The number of piperidine rings is 1. The topological polar surface area (TPSA) is 29.5 Å². The number of hydrogen-bond donors (Lipinski definition) is 0. The summed E-state index contributed by atoms with van der Waals surface area (Å²) in [5.41, 5.74) is 0.304. The number of likely N-dealkylation sites (tertiary alicyclic amines) is 1. The fourth-order valence-corrected chi connectivity index (χ4v) is 4.06. The molecule has 0 amide bonds. The summed E-state index contributed by atoms with van der Waals surface area (Å²) in [5.74, 6) is 1.38. The van der Waals surface area contributed by atoms with Crippen LogP contribution in [0, 0.1) is 5.92 Å². The Morgan fingerprint density at radius 3 is 2.10 bits per heavy atom. The molecule has 1 aromatic rings. The zero-order chi connectivity index (χ0) is 23.3. The molecule has 2 aliphatic rings. The predicted molar refractivity (Wildman–Crippen MR) is 120 cm³/mol. The Labute approximate surface area is 186 Å². The molecule has 0 unspecified atom stereocenters. The Bertz CT molecular complexity index is 619. The van der Waals surface area contributed by atoms with E-state index in [0.717, 1.165) is 50.0 Å². The molecule has 0 N–H and O–H groups in total. The number of ether oxygens (including phenoxy) is 1. The normalized spacial score (nSPS) is 18.4. The summed E-state index contributed by atoms with van der Waals surface area (Å²) in [5, 5.41) is 0. The van der Waals surface area contributed by atoms with Crippen LogP contribution in [0.25, 0.3) is 0 Å². The molecule has 178 valence electrons. The fraction of sp³-hybridized carbons (Fsp3) is 0.720. The van der Waals surface area contributed by atoms with E-state index in [9.17, 15) is 18.0 Å². The van der Waals surface area contributed by atoms with Crippen LogP contribution in [0.4, 0.5) is 13.2 Å². The number of halogens is 3. The minimum atomic E-state index is -4.24. The van der Waals surface area contributed by atoms with Crippen LogP contribution < -0.4 is 0 Å². The third-order valence-electron chi connectivity index (χ3n) is 5.96. The van der Waals surface area contributed by atoms with E-state index in [1.165, 1.54) is 58.3 Å². The van der Waals surface area contributed by atoms with Gasteiger partial charge in [-0.2, -0.15) is 13.2 Å². The van der Waals surface area contributed by atoms with Crippen molar-refractivity contribution in [2.24, 2.45) is 5.92 Å². The molecule has 1 aromatic carbocycles. The Hall–Kier alpha value is -1.40. The van der Waals surface area contributed by atoms with Crippen LogP contribution in [0.1, 0.15) is 82.8 Å². The summed E-state index contributed by atoms with van der Waals surface area (Å²) in [6, 6.07) is 5.79. The lowest BCUT2D eigenvalue weighted by Gasteiger charge is -2.31. The lowest BCUT2D eigenvalue weighted by atomic mass is 9.88. The van der Waals surface area contributed by atoms with E-state index in [4.69, 9.17) is 0 Å². The largest absolute Gasteiger partial charge is 0.416 e. The monoisotopic (exact) mass is 443 g/mol. The Balaban J connectivity index is 0.000000303. The maximum atomic E-state index is 12.6. The maximum Gasteiger partial charge on any atom is 0.416 e. The summed E-state index contributed by atoms with van der Waals surface area (Å²) in [6.07, 6.45) is 5.11. The van der Waals surface area contributed by atoms with Gasteiger partial charge in [0.05, 0.1) is 5.56 Å². The van der Waals surface area contributed by atoms with E-state index in [1.54, 1.807) is 0 Å². The van der Waals surface area contributed by atoms with E-state index in [1.807, 2.05) is 6.07 Å². The molecule has 2 fully saturated rings. The molecule has 1 saturated heterocycles. The van der Waals surface area contributed by atoms with E-state index < -0.39 is 11.7 Å². The van der Waals surface area contributed by atoms with Gasteiger partial charge in [-0.1, -0.05) is 64.2 Å². The molecule has 1 aliphatic heterocycles. The maximum absolute atomic E-state index is 12.6. The molecule has 0 radical (unpaired) electrons. The first-order chi connectivity index (χ1) is 14.7. The van der Waals surface area contributed by atoms with Gasteiger partial charge in [-0.3, -0.25) is 4.79 Å². The Morgan fingerprint density at radius 2 is 1.71 bits per heavy atom. The van der Waals surface area contributed by atoms with Crippen LogP contribution in [0.5, 0.6) is 0 Å². The summed E-state index contributed by atoms with van der Waals surface area (Å²) < 4.78 is 42.4. The molecular formula is C25H40F3NO2. The molecule has 0 atom stereocenters. The van der Waals surface area contributed by atoms with Crippen molar-refractivity contribution < 1.29 is 22.7 Å². The molecule has 0 spiro atoms. The van der Waals surface area contributed by atoms with E-state index >= 15 is 0 Å². The number of Topliss-reactive ketones (excluding diaryl/α,β-unsaturated/α-hetero) is 1. The third kappa shape index (κ3) is 11.7. The van der Waals surface area contributed by atoms with Crippen molar-refractivity contribution >= 4 is 5.78 Å². The molecule has 1 aliphatic carbocycles. The standard InChI is InChI=1S/C14H18F3N.C7H14.C4H8O2/c1-2-18-8-6-11(7-9-18)12-4-3-5-13(10-12)14(15,16)17;1-7-5-3-2-4-6-7;1-4(5)3-6-2/h3-5,10-11H,2,6-9H2,1H3;7H,2-6H2,1H3;3H2,1-2H3. The minimum absolute atomic E-state index is 0.0671. The van der Waals surface area contributed by atoms with E-state index in [-0.39, 0.29) is 18.3 Å². The van der Waals surface area contributed by atoms with Gasteiger partial charge in [-0.05, 0) is 62.9 Å². The summed E-state index contributed by atoms with van der Waals surface area (Å²) >= 11 is 0. The number of benzene rings is 1. The first kappa shape index (κ1) is 27.6. The van der Waals surface area contributed by atoms with Crippen molar-refractivity contribution in [3.05, 3.63) is 35.4 Å². The summed E-state index contributed by atoms with van der Waals surface area (Å²) in [4.78, 5) is 12.3. The lowest BCUT2D eigenvalue weighted by molar-refractivity contribution is -0.137. The highest BCUT2D eigenvalue weighted by Crippen LogP contribution is 2.34. The van der Waals surface area contributed by atoms with Gasteiger partial charge in [-0.25, -0.2) is 0 Å². The van der Waals surface area contributed by atoms with Gasteiger partial charge >= 0.3 is 6.18 Å². The average molecular weight is 444 g/mol. The van der Waals surface area contributed by atoms with E-state index in [2.05, 4.69) is 23.5 Å².